The molecule has 1 saturated heterocycles. The number of hydrogen-bond donors (Lipinski definition) is 1. The highest BCUT2D eigenvalue weighted by Crippen LogP contribution is 2.36. The fourth-order valence-electron chi connectivity index (χ4n) is 3.44. The summed E-state index contributed by atoms with van der Waals surface area (Å²) in [4.78, 5) is 38.1. The maximum Gasteiger partial charge on any atom is 0.416 e. The van der Waals surface area contributed by atoms with Crippen LogP contribution in [0.15, 0.2) is 48.5 Å². The van der Waals surface area contributed by atoms with Gasteiger partial charge in [0.05, 0.1) is 10.5 Å². The van der Waals surface area contributed by atoms with E-state index in [9.17, 15) is 32.9 Å². The lowest BCUT2D eigenvalue weighted by molar-refractivity contribution is -0.384. The van der Waals surface area contributed by atoms with Gasteiger partial charge < -0.3 is 15.1 Å². The lowest BCUT2D eigenvalue weighted by atomic mass is 10.1. The molecule has 3 rings (SSSR count). The number of anilines is 1. The predicted molar refractivity (Wildman–Crippen MR) is 110 cm³/mol. The van der Waals surface area contributed by atoms with Gasteiger partial charge in [0.15, 0.2) is 0 Å². The van der Waals surface area contributed by atoms with Crippen molar-refractivity contribution in [1.82, 2.24) is 10.2 Å². The standard InChI is InChI=1S/C21H21F3N4O4/c22-21(23,24)16-6-7-17(18(14-16)28(31)32)26-10-12-27(13-11-26)19(29)8-9-25-20(30)15-4-2-1-3-5-15/h1-7,14H,8-13H2,(H,25,30). The van der Waals surface area contributed by atoms with Gasteiger partial charge in [0.1, 0.15) is 5.69 Å². The third-order valence-corrected chi connectivity index (χ3v) is 5.13. The van der Waals surface area contributed by atoms with Crippen molar-refractivity contribution in [2.24, 2.45) is 0 Å². The zero-order valence-electron chi connectivity index (χ0n) is 17.0. The molecule has 2 aromatic rings. The number of carbonyl (C=O) groups is 2. The molecule has 1 fully saturated rings. The van der Waals surface area contributed by atoms with E-state index in [0.717, 1.165) is 12.1 Å². The van der Waals surface area contributed by atoms with Crippen LogP contribution in [0.25, 0.3) is 0 Å². The van der Waals surface area contributed by atoms with Gasteiger partial charge in [-0.2, -0.15) is 13.2 Å². The fourth-order valence-corrected chi connectivity index (χ4v) is 3.44. The van der Waals surface area contributed by atoms with Crippen molar-refractivity contribution in [3.63, 3.8) is 0 Å². The first kappa shape index (κ1) is 23.0. The smallest absolute Gasteiger partial charge is 0.362 e. The van der Waals surface area contributed by atoms with E-state index in [2.05, 4.69) is 5.32 Å². The first-order chi connectivity index (χ1) is 15.2. The summed E-state index contributed by atoms with van der Waals surface area (Å²) in [5, 5.41) is 14.0. The van der Waals surface area contributed by atoms with Crippen molar-refractivity contribution in [3.05, 3.63) is 69.8 Å². The molecule has 1 heterocycles. The van der Waals surface area contributed by atoms with Crippen molar-refractivity contribution >= 4 is 23.2 Å². The van der Waals surface area contributed by atoms with E-state index in [1.807, 2.05) is 0 Å². The number of piperazine rings is 1. The molecule has 170 valence electrons. The lowest BCUT2D eigenvalue weighted by Crippen LogP contribution is -2.49. The van der Waals surface area contributed by atoms with Gasteiger partial charge in [-0.25, -0.2) is 0 Å². The molecule has 0 aliphatic carbocycles. The average molecular weight is 450 g/mol. The highest BCUT2D eigenvalue weighted by Gasteiger charge is 2.34. The summed E-state index contributed by atoms with van der Waals surface area (Å²) >= 11 is 0. The van der Waals surface area contributed by atoms with Crippen molar-refractivity contribution in [3.8, 4) is 0 Å². The van der Waals surface area contributed by atoms with Gasteiger partial charge in [0.25, 0.3) is 11.6 Å². The van der Waals surface area contributed by atoms with Crippen LogP contribution in [0.4, 0.5) is 24.5 Å². The van der Waals surface area contributed by atoms with Gasteiger partial charge in [-0.1, -0.05) is 18.2 Å². The Hall–Kier alpha value is -3.63. The number of nitro benzene ring substituents is 1. The molecular weight excluding hydrogens is 429 g/mol. The van der Waals surface area contributed by atoms with Crippen LogP contribution in [-0.2, 0) is 11.0 Å². The first-order valence-electron chi connectivity index (χ1n) is 9.88. The third-order valence-electron chi connectivity index (χ3n) is 5.13. The van der Waals surface area contributed by atoms with E-state index in [0.29, 0.717) is 11.6 Å². The topological polar surface area (TPSA) is 95.8 Å². The number of benzene rings is 2. The van der Waals surface area contributed by atoms with Gasteiger partial charge in [0, 0.05) is 50.8 Å². The van der Waals surface area contributed by atoms with Crippen molar-refractivity contribution < 1.29 is 27.7 Å². The van der Waals surface area contributed by atoms with Crippen LogP contribution in [0.5, 0.6) is 0 Å². The monoisotopic (exact) mass is 450 g/mol. The van der Waals surface area contributed by atoms with E-state index in [1.165, 1.54) is 0 Å². The molecule has 2 amide bonds. The van der Waals surface area contributed by atoms with Crippen LogP contribution in [0.3, 0.4) is 0 Å². The van der Waals surface area contributed by atoms with Crippen LogP contribution in [0, 0.1) is 10.1 Å². The third kappa shape index (κ3) is 5.54. The van der Waals surface area contributed by atoms with Crippen molar-refractivity contribution in [1.29, 1.82) is 0 Å². The number of nitrogens with zero attached hydrogens (tertiary/aromatic N) is 3. The number of halogens is 3. The Morgan fingerprint density at radius 1 is 1.03 bits per heavy atom. The summed E-state index contributed by atoms with van der Waals surface area (Å²) < 4.78 is 38.7. The van der Waals surface area contributed by atoms with Crippen LogP contribution >= 0.6 is 0 Å². The minimum Gasteiger partial charge on any atom is -0.362 e. The fraction of sp³-hybridized carbons (Fsp3) is 0.333. The number of hydrogen-bond acceptors (Lipinski definition) is 5. The maximum absolute atomic E-state index is 12.9. The Morgan fingerprint density at radius 2 is 1.69 bits per heavy atom. The SMILES string of the molecule is O=C(NCCC(=O)N1CCN(c2ccc(C(F)(F)F)cc2[N+](=O)[O-])CC1)c1ccccc1. The molecule has 0 radical (unpaired) electrons. The molecule has 0 unspecified atom stereocenters. The molecule has 0 aromatic heterocycles. The molecule has 0 saturated carbocycles. The molecule has 0 atom stereocenters. The maximum atomic E-state index is 12.9. The Bertz CT molecular complexity index is 990. The Balaban J connectivity index is 1.54. The molecule has 32 heavy (non-hydrogen) atoms. The lowest BCUT2D eigenvalue weighted by Gasteiger charge is -2.36. The summed E-state index contributed by atoms with van der Waals surface area (Å²) in [6, 6.07) is 11.0. The molecule has 2 aromatic carbocycles. The van der Waals surface area contributed by atoms with Crippen molar-refractivity contribution in [2.75, 3.05) is 37.6 Å². The Morgan fingerprint density at radius 3 is 2.28 bits per heavy atom. The highest BCUT2D eigenvalue weighted by atomic mass is 19.4. The minimum atomic E-state index is -4.68. The number of rotatable bonds is 6. The second-order valence-corrected chi connectivity index (χ2v) is 7.20. The van der Waals surface area contributed by atoms with Gasteiger partial charge >= 0.3 is 6.18 Å². The Labute approximate surface area is 181 Å². The number of carbonyl (C=O) groups excluding carboxylic acids is 2. The molecule has 1 aliphatic heterocycles. The quantitative estimate of drug-likeness (QED) is 0.539. The molecule has 1 aliphatic rings. The minimum absolute atomic E-state index is 0.0882. The van der Waals surface area contributed by atoms with E-state index in [1.54, 1.807) is 40.1 Å². The zero-order valence-corrected chi connectivity index (χ0v) is 17.0. The highest BCUT2D eigenvalue weighted by molar-refractivity contribution is 5.94. The van der Waals surface area contributed by atoms with Crippen LogP contribution in [-0.4, -0.2) is 54.4 Å². The van der Waals surface area contributed by atoms with Gasteiger partial charge in [-0.15, -0.1) is 0 Å². The second-order valence-electron chi connectivity index (χ2n) is 7.20. The van der Waals surface area contributed by atoms with E-state index in [-0.39, 0.29) is 56.6 Å². The number of nitrogens with one attached hydrogen (secondary N) is 1. The average Bonchev–Trinajstić information content (AvgIpc) is 2.78. The van der Waals surface area contributed by atoms with Gasteiger partial charge in [-0.05, 0) is 24.3 Å². The van der Waals surface area contributed by atoms with Gasteiger partial charge in [-0.3, -0.25) is 19.7 Å². The second kappa shape index (κ2) is 9.67. The zero-order chi connectivity index (χ0) is 23.3. The Kier molecular flexibility index (Phi) is 6.96. The normalized spacial score (nSPS) is 14.2. The van der Waals surface area contributed by atoms with Crippen LogP contribution < -0.4 is 10.2 Å². The summed E-state index contributed by atoms with van der Waals surface area (Å²) in [6.07, 6.45) is -4.58. The summed E-state index contributed by atoms with van der Waals surface area (Å²) in [7, 11) is 0. The summed E-state index contributed by atoms with van der Waals surface area (Å²) in [5.41, 5.74) is -1.13. The summed E-state index contributed by atoms with van der Waals surface area (Å²) in [6.45, 7) is 1.19. The molecule has 1 N–H and O–H groups in total. The van der Waals surface area contributed by atoms with E-state index >= 15 is 0 Å². The van der Waals surface area contributed by atoms with Crippen LogP contribution in [0.2, 0.25) is 0 Å². The molecule has 0 spiro atoms. The predicted octanol–water partition coefficient (Wildman–Crippen LogP) is 3.08. The van der Waals surface area contributed by atoms with E-state index in [4.69, 9.17) is 0 Å². The number of amides is 2. The molecule has 11 heteroatoms. The van der Waals surface area contributed by atoms with Crippen molar-refractivity contribution in [2.45, 2.75) is 12.6 Å². The largest absolute Gasteiger partial charge is 0.416 e. The summed E-state index contributed by atoms with van der Waals surface area (Å²) in [5.74, 6) is -0.460. The van der Waals surface area contributed by atoms with Crippen LogP contribution in [0.1, 0.15) is 22.3 Å². The molecular formula is C21H21F3N4O4. The first-order valence-corrected chi connectivity index (χ1v) is 9.88. The van der Waals surface area contributed by atoms with E-state index < -0.39 is 22.4 Å². The number of nitro groups is 1. The molecule has 0 bridgehead atoms. The number of alkyl halides is 3. The molecule has 8 nitrogen and oxygen atoms in total. The van der Waals surface area contributed by atoms with Gasteiger partial charge in [0.2, 0.25) is 5.91 Å².